The van der Waals surface area contributed by atoms with Crippen molar-refractivity contribution < 1.29 is 20.1 Å². The van der Waals surface area contributed by atoms with Gasteiger partial charge in [-0.1, -0.05) is 78.9 Å². The Morgan fingerprint density at radius 2 is 1.22 bits per heavy atom. The second-order valence-electron chi connectivity index (χ2n) is 15.5. The van der Waals surface area contributed by atoms with Gasteiger partial charge in [0.05, 0.1) is 12.2 Å². The van der Waals surface area contributed by atoms with Gasteiger partial charge in [-0.2, -0.15) is 0 Å². The van der Waals surface area contributed by atoms with Crippen LogP contribution in [-0.4, -0.2) is 34.4 Å². The maximum atomic E-state index is 13.2. The van der Waals surface area contributed by atoms with Gasteiger partial charge in [-0.15, -0.1) is 0 Å². The first-order valence-electron chi connectivity index (χ1n) is 18.8. The lowest BCUT2D eigenvalue weighted by molar-refractivity contribution is 0.0964. The van der Waals surface area contributed by atoms with E-state index in [-0.39, 0.29) is 17.7 Å². The van der Waals surface area contributed by atoms with E-state index in [9.17, 15) is 20.1 Å². The molecular formula is C47H37ClN2O4. The van der Waals surface area contributed by atoms with Gasteiger partial charge in [0.25, 0.3) is 5.91 Å². The highest BCUT2D eigenvalue weighted by Gasteiger charge is 2.35. The van der Waals surface area contributed by atoms with E-state index in [1.165, 1.54) is 54.4 Å². The van der Waals surface area contributed by atoms with Crippen LogP contribution < -0.4 is 20.6 Å². The van der Waals surface area contributed by atoms with Crippen LogP contribution in [0.4, 0.5) is 0 Å². The maximum absolute atomic E-state index is 13.2. The fourth-order valence-corrected chi connectivity index (χ4v) is 11.0. The molecule has 7 heteroatoms. The van der Waals surface area contributed by atoms with Crippen molar-refractivity contribution in [1.29, 1.82) is 0 Å². The average molecular weight is 729 g/mol. The number of fused-ring (bicyclic) bond motifs is 6. The van der Waals surface area contributed by atoms with Crippen molar-refractivity contribution in [3.8, 4) is 11.1 Å². The highest BCUT2D eigenvalue weighted by atomic mass is 35.5. The molecule has 8 aromatic rings. The lowest BCUT2D eigenvalue weighted by atomic mass is 9.69. The molecule has 0 heterocycles. The molecular weight excluding hydrogens is 692 g/mol. The summed E-state index contributed by atoms with van der Waals surface area (Å²) in [7, 11) is 1.65. The van der Waals surface area contributed by atoms with Gasteiger partial charge in [0, 0.05) is 35.4 Å². The summed E-state index contributed by atoms with van der Waals surface area (Å²) < 4.78 is 0. The Hall–Kier alpha value is -5.08. The van der Waals surface area contributed by atoms with Crippen LogP contribution in [0.25, 0.3) is 87.9 Å². The zero-order chi connectivity index (χ0) is 36.9. The van der Waals surface area contributed by atoms with Crippen molar-refractivity contribution >= 4 is 94.5 Å². The SMILES string of the molecule is CNC(=O)c1ccc2c3ccc4c5c3c(c3ccc(C(C)O)c1c32)=CC[C@@H]5c1ccc2c3c5c(c(C(O)NCl)ccc5c5ccc-4c1c25)C(C(C)O)CC=3. The molecule has 0 saturated carbocycles. The molecule has 0 radical (unpaired) electrons. The zero-order valence-electron chi connectivity index (χ0n) is 30.0. The van der Waals surface area contributed by atoms with Gasteiger partial charge in [-0.3, -0.25) is 4.79 Å². The largest absolute Gasteiger partial charge is 0.393 e. The van der Waals surface area contributed by atoms with Gasteiger partial charge in [-0.05, 0) is 148 Å². The van der Waals surface area contributed by atoms with Gasteiger partial charge in [0.2, 0.25) is 0 Å². The van der Waals surface area contributed by atoms with Crippen LogP contribution >= 0.6 is 11.8 Å². The highest BCUT2D eigenvalue weighted by molar-refractivity contribution is 6.30. The molecule has 8 aromatic carbocycles. The van der Waals surface area contributed by atoms with E-state index in [1.807, 2.05) is 25.1 Å². The lowest BCUT2D eigenvalue weighted by Gasteiger charge is -2.34. The van der Waals surface area contributed by atoms with Crippen LogP contribution in [0.3, 0.4) is 0 Å². The minimum Gasteiger partial charge on any atom is -0.393 e. The first kappa shape index (κ1) is 32.4. The average Bonchev–Trinajstić information content (AvgIpc) is 3.20. The molecule has 0 aliphatic heterocycles. The Balaban J connectivity index is 1.24. The summed E-state index contributed by atoms with van der Waals surface area (Å²) in [5, 5.41) is 51.5. The summed E-state index contributed by atoms with van der Waals surface area (Å²) in [4.78, 5) is 15.7. The summed E-state index contributed by atoms with van der Waals surface area (Å²) in [6, 6.07) is 25.9. The Morgan fingerprint density at radius 1 is 0.648 bits per heavy atom. The molecule has 4 unspecified atom stereocenters. The molecule has 0 saturated heterocycles. The predicted molar refractivity (Wildman–Crippen MR) is 220 cm³/mol. The number of nitrogens with one attached hydrogen (secondary N) is 2. The number of carbonyl (C=O) groups is 1. The van der Waals surface area contributed by atoms with Crippen molar-refractivity contribution in [3.63, 3.8) is 0 Å². The van der Waals surface area contributed by atoms with E-state index >= 15 is 0 Å². The lowest BCUT2D eigenvalue weighted by Crippen LogP contribution is -2.26. The monoisotopic (exact) mass is 728 g/mol. The van der Waals surface area contributed by atoms with Crippen molar-refractivity contribution in [2.75, 3.05) is 7.05 Å². The summed E-state index contributed by atoms with van der Waals surface area (Å²) in [6.45, 7) is 3.59. The molecule has 54 heavy (non-hydrogen) atoms. The first-order valence-corrected chi connectivity index (χ1v) is 19.2. The molecule has 266 valence electrons. The highest BCUT2D eigenvalue weighted by Crippen LogP contribution is 2.53. The molecule has 1 amide bonds. The third-order valence-electron chi connectivity index (χ3n) is 13.0. The van der Waals surface area contributed by atoms with Crippen LogP contribution in [0.5, 0.6) is 0 Å². The second kappa shape index (κ2) is 11.2. The van der Waals surface area contributed by atoms with Crippen molar-refractivity contribution in [3.05, 3.63) is 117 Å². The van der Waals surface area contributed by atoms with E-state index in [4.69, 9.17) is 11.8 Å². The van der Waals surface area contributed by atoms with E-state index in [0.29, 0.717) is 17.5 Å². The summed E-state index contributed by atoms with van der Waals surface area (Å²) in [5.74, 6) is -0.167. The molecule has 5 N–H and O–H groups in total. The van der Waals surface area contributed by atoms with Crippen LogP contribution in [-0.2, 0) is 0 Å². The normalized spacial score (nSPS) is 18.7. The van der Waals surface area contributed by atoms with Gasteiger partial charge >= 0.3 is 0 Å². The van der Waals surface area contributed by atoms with Crippen molar-refractivity contribution in [2.24, 2.45) is 0 Å². The number of halogens is 1. The Kier molecular flexibility index (Phi) is 6.73. The second-order valence-corrected chi connectivity index (χ2v) is 15.8. The summed E-state index contributed by atoms with van der Waals surface area (Å²) in [6.07, 6.45) is 3.78. The molecule has 6 nitrogen and oxygen atoms in total. The molecule has 11 rings (SSSR count). The molecule has 3 aliphatic rings. The van der Waals surface area contributed by atoms with Gasteiger partial charge in [-0.25, -0.2) is 4.84 Å². The molecule has 5 atom stereocenters. The van der Waals surface area contributed by atoms with Crippen LogP contribution in [0, 0.1) is 0 Å². The van der Waals surface area contributed by atoms with E-state index in [2.05, 4.69) is 76.9 Å². The number of hydrogen-bond donors (Lipinski definition) is 5. The molecule has 0 fully saturated rings. The smallest absolute Gasteiger partial charge is 0.251 e. The first-order chi connectivity index (χ1) is 26.2. The topological polar surface area (TPSA) is 102 Å². The number of amides is 1. The van der Waals surface area contributed by atoms with Crippen LogP contribution in [0.2, 0.25) is 0 Å². The van der Waals surface area contributed by atoms with E-state index < -0.39 is 18.4 Å². The maximum Gasteiger partial charge on any atom is 0.251 e. The summed E-state index contributed by atoms with van der Waals surface area (Å²) in [5.41, 5.74) is 8.16. The van der Waals surface area contributed by atoms with Gasteiger partial charge in [0.1, 0.15) is 6.23 Å². The number of carbonyl (C=O) groups excluding carboxylic acids is 1. The quantitative estimate of drug-likeness (QED) is 0.0533. The fourth-order valence-electron chi connectivity index (χ4n) is 10.8. The molecule has 0 spiro atoms. The fraction of sp³-hybridized carbons (Fsp3) is 0.213. The minimum absolute atomic E-state index is 0.165. The van der Waals surface area contributed by atoms with Gasteiger partial charge < -0.3 is 20.6 Å². The Bertz CT molecular complexity index is 3150. The third-order valence-corrected chi connectivity index (χ3v) is 13.2. The minimum atomic E-state index is -1.06. The number of benzene rings is 8. The Labute approximate surface area is 315 Å². The van der Waals surface area contributed by atoms with Crippen molar-refractivity contribution in [1.82, 2.24) is 10.2 Å². The number of rotatable bonds is 5. The standard InChI is InChI=1S/C47H37ClN2O4/c1-20(51)22-4-6-24-26-8-10-28-29-11-9-27-25-7-5-23(21(2)52)39-37(47(54)50-48)19-17-35(41(25)39)33-15-13-31(45(29)43(27)33)30-12-14-32(42(26)44(28)30)34-16-18-36(46(53)49-3)38(22)40(24)34/h4,6-9,11-21,23,28,47,50-52,54H,5,10H2,1-3H3,(H,49,53)/t20?,21?,23?,28-,47?/m1/s1. The zero-order valence-corrected chi connectivity index (χ0v) is 30.8. The summed E-state index contributed by atoms with van der Waals surface area (Å²) >= 11 is 5.98. The Morgan fingerprint density at radius 3 is 1.91 bits per heavy atom. The van der Waals surface area contributed by atoms with E-state index in [1.54, 1.807) is 14.0 Å². The molecule has 0 aromatic heterocycles. The van der Waals surface area contributed by atoms with Crippen LogP contribution in [0.1, 0.15) is 89.0 Å². The predicted octanol–water partition coefficient (Wildman–Crippen LogP) is 8.14. The third kappa shape index (κ3) is 3.92. The van der Waals surface area contributed by atoms with Crippen molar-refractivity contribution in [2.45, 2.75) is 57.0 Å². The molecule has 3 aliphatic carbocycles. The van der Waals surface area contributed by atoms with E-state index in [0.717, 1.165) is 60.5 Å². The van der Waals surface area contributed by atoms with Crippen LogP contribution in [0.15, 0.2) is 72.8 Å². The number of aliphatic hydroxyl groups excluding tert-OH is 3. The molecule has 0 bridgehead atoms. The number of hydrogen-bond acceptors (Lipinski definition) is 5. The van der Waals surface area contributed by atoms with Gasteiger partial charge in [0.15, 0.2) is 0 Å². The number of aliphatic hydroxyl groups is 3.